The van der Waals surface area contributed by atoms with E-state index in [1.807, 2.05) is 6.07 Å². The fourth-order valence-electron chi connectivity index (χ4n) is 2.91. The lowest BCUT2D eigenvalue weighted by Crippen LogP contribution is -2.45. The van der Waals surface area contributed by atoms with Crippen molar-refractivity contribution in [2.75, 3.05) is 0 Å². The van der Waals surface area contributed by atoms with Crippen molar-refractivity contribution in [2.45, 2.75) is 44.3 Å². The number of hydrogen-bond acceptors (Lipinski definition) is 3. The molecule has 0 radical (unpaired) electrons. The largest absolute Gasteiger partial charge is 0.472 e. The number of nitrogens with one attached hydrogen (secondary N) is 1. The fourth-order valence-corrected chi connectivity index (χ4v) is 2.91. The average molecular weight is 276 g/mol. The number of hydrogen-bond donors (Lipinski definition) is 2. The van der Waals surface area contributed by atoms with Gasteiger partial charge in [0.25, 0.3) is 0 Å². The van der Waals surface area contributed by atoms with Gasteiger partial charge in [-0.25, -0.2) is 0 Å². The minimum Gasteiger partial charge on any atom is -0.472 e. The van der Waals surface area contributed by atoms with Gasteiger partial charge in [0, 0.05) is 6.04 Å². The molecule has 3 N–H and O–H groups in total. The molecule has 0 bridgehead atoms. The van der Waals surface area contributed by atoms with Crippen LogP contribution in [0.2, 0.25) is 0 Å². The molecule has 3 atom stereocenters. The smallest absolute Gasteiger partial charge is 0.391 e. The van der Waals surface area contributed by atoms with E-state index < -0.39 is 12.1 Å². The molecule has 108 valence electrons. The van der Waals surface area contributed by atoms with E-state index in [1.165, 1.54) is 0 Å². The lowest BCUT2D eigenvalue weighted by Gasteiger charge is -2.35. The van der Waals surface area contributed by atoms with Crippen LogP contribution in [0.5, 0.6) is 0 Å². The van der Waals surface area contributed by atoms with Crippen LogP contribution in [-0.2, 0) is 6.42 Å². The molecule has 1 aliphatic rings. The first-order chi connectivity index (χ1) is 9.00. The Morgan fingerprint density at radius 2 is 2.21 bits per heavy atom. The third kappa shape index (κ3) is 3.73. The highest BCUT2D eigenvalue weighted by Crippen LogP contribution is 2.41. The lowest BCUT2D eigenvalue weighted by atomic mass is 9.76. The van der Waals surface area contributed by atoms with Gasteiger partial charge in [0.2, 0.25) is 0 Å². The van der Waals surface area contributed by atoms with E-state index in [1.54, 1.807) is 12.5 Å². The zero-order chi connectivity index (χ0) is 13.9. The predicted molar refractivity (Wildman–Crippen MR) is 65.0 cm³/mol. The summed E-state index contributed by atoms with van der Waals surface area (Å²) < 4.78 is 43.4. The van der Waals surface area contributed by atoms with Crippen molar-refractivity contribution >= 4 is 0 Å². The van der Waals surface area contributed by atoms with Gasteiger partial charge in [-0.05, 0) is 43.2 Å². The van der Waals surface area contributed by atoms with Gasteiger partial charge in [-0.3, -0.25) is 11.3 Å². The van der Waals surface area contributed by atoms with Crippen molar-refractivity contribution in [3.8, 4) is 0 Å². The molecule has 0 amide bonds. The highest BCUT2D eigenvalue weighted by atomic mass is 19.4. The standard InChI is InChI=1S/C13H19F3N2O/c14-13(15,16)11-3-1-2-10(7-11)12(18-17)6-9-4-5-19-8-9/h4-5,8,10-12,18H,1-3,6-7,17H2. The molecule has 1 saturated carbocycles. The number of halogens is 3. The van der Waals surface area contributed by atoms with Gasteiger partial charge in [-0.1, -0.05) is 6.42 Å². The molecular weight excluding hydrogens is 257 g/mol. The van der Waals surface area contributed by atoms with Gasteiger partial charge in [-0.2, -0.15) is 13.2 Å². The first kappa shape index (κ1) is 14.4. The Bertz CT molecular complexity index is 378. The van der Waals surface area contributed by atoms with Gasteiger partial charge < -0.3 is 4.42 Å². The maximum absolute atomic E-state index is 12.8. The molecule has 1 heterocycles. The van der Waals surface area contributed by atoms with Crippen LogP contribution in [0, 0.1) is 11.8 Å². The molecule has 0 aromatic carbocycles. The second-order valence-electron chi connectivity index (χ2n) is 5.27. The molecular formula is C13H19F3N2O. The molecule has 0 saturated heterocycles. The summed E-state index contributed by atoms with van der Waals surface area (Å²) in [6.45, 7) is 0. The maximum atomic E-state index is 12.8. The van der Waals surface area contributed by atoms with E-state index in [-0.39, 0.29) is 24.8 Å². The van der Waals surface area contributed by atoms with E-state index in [4.69, 9.17) is 10.3 Å². The van der Waals surface area contributed by atoms with Crippen molar-refractivity contribution < 1.29 is 17.6 Å². The van der Waals surface area contributed by atoms with Crippen LogP contribution < -0.4 is 11.3 Å². The van der Waals surface area contributed by atoms with Crippen LogP contribution >= 0.6 is 0 Å². The van der Waals surface area contributed by atoms with Crippen LogP contribution in [-0.4, -0.2) is 12.2 Å². The molecule has 2 rings (SSSR count). The second kappa shape index (κ2) is 5.96. The Balaban J connectivity index is 1.98. The Morgan fingerprint density at radius 1 is 1.42 bits per heavy atom. The van der Waals surface area contributed by atoms with Crippen molar-refractivity contribution in [3.05, 3.63) is 24.2 Å². The predicted octanol–water partition coefficient (Wildman–Crippen LogP) is 3.02. The Hall–Kier alpha value is -1.01. The SMILES string of the molecule is NNC(Cc1ccoc1)C1CCCC(C(F)(F)F)C1. The van der Waals surface area contributed by atoms with Gasteiger partial charge >= 0.3 is 6.18 Å². The van der Waals surface area contributed by atoms with E-state index in [0.29, 0.717) is 12.8 Å². The highest BCUT2D eigenvalue weighted by molar-refractivity contribution is 5.08. The summed E-state index contributed by atoms with van der Waals surface area (Å²) in [6, 6.07) is 1.68. The van der Waals surface area contributed by atoms with E-state index >= 15 is 0 Å². The summed E-state index contributed by atoms with van der Waals surface area (Å²) in [5, 5.41) is 0. The van der Waals surface area contributed by atoms with Crippen molar-refractivity contribution in [1.82, 2.24) is 5.43 Å². The molecule has 1 aromatic heterocycles. The lowest BCUT2D eigenvalue weighted by molar-refractivity contribution is -0.186. The normalized spacial score (nSPS) is 26.3. The molecule has 6 heteroatoms. The Kier molecular flexibility index (Phi) is 4.52. The van der Waals surface area contributed by atoms with Crippen LogP contribution in [0.15, 0.2) is 23.0 Å². The van der Waals surface area contributed by atoms with Gasteiger partial charge in [0.1, 0.15) is 0 Å². The zero-order valence-corrected chi connectivity index (χ0v) is 10.6. The number of rotatable bonds is 4. The summed E-state index contributed by atoms with van der Waals surface area (Å²) in [6.07, 6.45) is 1.48. The van der Waals surface area contributed by atoms with Crippen LogP contribution in [0.3, 0.4) is 0 Å². The van der Waals surface area contributed by atoms with Crippen LogP contribution in [0.25, 0.3) is 0 Å². The zero-order valence-electron chi connectivity index (χ0n) is 10.6. The quantitative estimate of drug-likeness (QED) is 0.656. The third-order valence-electron chi connectivity index (χ3n) is 4.00. The number of nitrogens with two attached hydrogens (primary N) is 1. The molecule has 1 aromatic rings. The summed E-state index contributed by atoms with van der Waals surface area (Å²) in [7, 11) is 0. The molecule has 1 fully saturated rings. The molecule has 3 unspecified atom stereocenters. The molecule has 3 nitrogen and oxygen atoms in total. The number of furan rings is 1. The first-order valence-corrected chi connectivity index (χ1v) is 6.54. The van der Waals surface area contributed by atoms with Gasteiger partial charge in [-0.15, -0.1) is 0 Å². The second-order valence-corrected chi connectivity index (χ2v) is 5.27. The summed E-state index contributed by atoms with van der Waals surface area (Å²) in [5.74, 6) is 4.28. The van der Waals surface area contributed by atoms with E-state index in [9.17, 15) is 13.2 Å². The molecule has 0 spiro atoms. The van der Waals surface area contributed by atoms with Crippen molar-refractivity contribution in [1.29, 1.82) is 0 Å². The van der Waals surface area contributed by atoms with Crippen LogP contribution in [0.4, 0.5) is 13.2 Å². The van der Waals surface area contributed by atoms with Gasteiger partial charge in [0.15, 0.2) is 0 Å². The van der Waals surface area contributed by atoms with E-state index in [2.05, 4.69) is 5.43 Å². The summed E-state index contributed by atoms with van der Waals surface area (Å²) in [4.78, 5) is 0. The van der Waals surface area contributed by atoms with Crippen molar-refractivity contribution in [3.63, 3.8) is 0 Å². The Labute approximate surface area is 110 Å². The van der Waals surface area contributed by atoms with Gasteiger partial charge in [0.05, 0.1) is 18.4 Å². The number of alkyl halides is 3. The topological polar surface area (TPSA) is 51.2 Å². The Morgan fingerprint density at radius 3 is 2.79 bits per heavy atom. The first-order valence-electron chi connectivity index (χ1n) is 6.54. The number of hydrazine groups is 1. The fraction of sp³-hybridized carbons (Fsp3) is 0.692. The summed E-state index contributed by atoms with van der Waals surface area (Å²) >= 11 is 0. The third-order valence-corrected chi connectivity index (χ3v) is 4.00. The van der Waals surface area contributed by atoms with Crippen molar-refractivity contribution in [2.24, 2.45) is 17.7 Å². The highest BCUT2D eigenvalue weighted by Gasteiger charge is 2.43. The molecule has 0 aliphatic heterocycles. The summed E-state index contributed by atoms with van der Waals surface area (Å²) in [5.41, 5.74) is 3.63. The maximum Gasteiger partial charge on any atom is 0.391 e. The minimum atomic E-state index is -4.09. The monoisotopic (exact) mass is 276 g/mol. The minimum absolute atomic E-state index is 0.0414. The van der Waals surface area contributed by atoms with Crippen LogP contribution in [0.1, 0.15) is 31.2 Å². The average Bonchev–Trinajstić information content (AvgIpc) is 2.88. The molecule has 19 heavy (non-hydrogen) atoms. The van der Waals surface area contributed by atoms with E-state index in [0.717, 1.165) is 12.0 Å². The molecule has 1 aliphatic carbocycles.